The third-order valence-electron chi connectivity index (χ3n) is 3.36. The van der Waals surface area contributed by atoms with Crippen LogP contribution in [0.15, 0.2) is 30.3 Å². The highest BCUT2D eigenvalue weighted by Crippen LogP contribution is 2.28. The van der Waals surface area contributed by atoms with Gasteiger partial charge in [0.25, 0.3) is 0 Å². The monoisotopic (exact) mass is 264 g/mol. The van der Waals surface area contributed by atoms with Gasteiger partial charge in [0.05, 0.1) is 24.7 Å². The minimum Gasteiger partial charge on any atom is -0.365 e. The van der Waals surface area contributed by atoms with Gasteiger partial charge in [-0.2, -0.15) is 10.5 Å². The van der Waals surface area contributed by atoms with Crippen molar-refractivity contribution in [1.29, 1.82) is 10.5 Å². The average molecular weight is 264 g/mol. The fraction of sp³-hybridized carbons (Fsp3) is 0.267. The number of fused-ring (bicyclic) bond motifs is 1. The van der Waals surface area contributed by atoms with E-state index in [1.165, 1.54) is 0 Å². The van der Waals surface area contributed by atoms with Crippen LogP contribution in [0.5, 0.6) is 0 Å². The fourth-order valence-electron chi connectivity index (χ4n) is 2.42. The first kappa shape index (κ1) is 12.4. The number of benzene rings is 1. The molecule has 2 aromatic rings. The zero-order valence-electron chi connectivity index (χ0n) is 10.8. The molecule has 0 spiro atoms. The molecule has 0 N–H and O–H groups in total. The lowest BCUT2D eigenvalue weighted by atomic mass is 10.1. The van der Waals surface area contributed by atoms with Gasteiger partial charge in [-0.3, -0.25) is 0 Å². The predicted octanol–water partition coefficient (Wildman–Crippen LogP) is 1.84. The fourth-order valence-corrected chi connectivity index (χ4v) is 2.42. The van der Waals surface area contributed by atoms with Gasteiger partial charge in [0, 0.05) is 17.6 Å². The number of rotatable bonds is 1. The van der Waals surface area contributed by atoms with Crippen molar-refractivity contribution < 1.29 is 4.74 Å². The third kappa shape index (κ3) is 2.16. The minimum atomic E-state index is -0.429. The molecule has 5 heteroatoms. The van der Waals surface area contributed by atoms with Crippen molar-refractivity contribution >= 4 is 16.6 Å². The van der Waals surface area contributed by atoms with E-state index in [1.54, 1.807) is 6.07 Å². The van der Waals surface area contributed by atoms with E-state index in [0.29, 0.717) is 25.4 Å². The molecule has 98 valence electrons. The van der Waals surface area contributed by atoms with Gasteiger partial charge >= 0.3 is 0 Å². The Morgan fingerprint density at radius 2 is 2.15 bits per heavy atom. The average Bonchev–Trinajstić information content (AvgIpc) is 2.53. The molecule has 1 unspecified atom stereocenters. The van der Waals surface area contributed by atoms with Crippen LogP contribution in [0.4, 0.5) is 5.69 Å². The molecule has 5 nitrogen and oxygen atoms in total. The summed E-state index contributed by atoms with van der Waals surface area (Å²) in [7, 11) is 0. The number of para-hydroxylation sites is 1. The molecule has 3 rings (SSSR count). The van der Waals surface area contributed by atoms with Gasteiger partial charge in [-0.25, -0.2) is 4.98 Å². The summed E-state index contributed by atoms with van der Waals surface area (Å²) >= 11 is 0. The van der Waals surface area contributed by atoms with Gasteiger partial charge < -0.3 is 9.64 Å². The Balaban J connectivity index is 2.10. The second-order valence-electron chi connectivity index (χ2n) is 4.59. The van der Waals surface area contributed by atoms with Crippen molar-refractivity contribution in [3.63, 3.8) is 0 Å². The first-order valence-corrected chi connectivity index (χ1v) is 6.38. The predicted molar refractivity (Wildman–Crippen MR) is 74.0 cm³/mol. The number of pyridine rings is 1. The Bertz CT molecular complexity index is 729. The smallest absolute Gasteiger partial charge is 0.161 e. The molecule has 1 fully saturated rings. The maximum atomic E-state index is 9.11. The van der Waals surface area contributed by atoms with E-state index < -0.39 is 6.10 Å². The Hall–Kier alpha value is -2.63. The molecular formula is C15H12N4O. The largest absolute Gasteiger partial charge is 0.365 e. The lowest BCUT2D eigenvalue weighted by molar-refractivity contribution is 0.0765. The molecule has 0 amide bonds. The summed E-state index contributed by atoms with van der Waals surface area (Å²) in [6, 6.07) is 13.7. The van der Waals surface area contributed by atoms with Crippen LogP contribution in [0.2, 0.25) is 0 Å². The second-order valence-corrected chi connectivity index (χ2v) is 4.59. The first-order chi connectivity index (χ1) is 9.81. The molecule has 0 aliphatic carbocycles. The molecule has 0 saturated carbocycles. The quantitative estimate of drug-likeness (QED) is 0.785. The molecular weight excluding hydrogens is 252 g/mol. The molecule has 1 aromatic heterocycles. The van der Waals surface area contributed by atoms with Crippen molar-refractivity contribution in [2.24, 2.45) is 0 Å². The molecule has 1 atom stereocenters. The summed E-state index contributed by atoms with van der Waals surface area (Å²) in [4.78, 5) is 6.39. The van der Waals surface area contributed by atoms with Gasteiger partial charge in [-0.05, 0) is 12.1 Å². The summed E-state index contributed by atoms with van der Waals surface area (Å²) in [5.74, 6) is 0. The number of anilines is 1. The van der Waals surface area contributed by atoms with Gasteiger partial charge in [0.1, 0.15) is 11.8 Å². The maximum Gasteiger partial charge on any atom is 0.161 e. The first-order valence-electron chi connectivity index (χ1n) is 6.38. The number of nitriles is 2. The lowest BCUT2D eigenvalue weighted by Crippen LogP contribution is -2.42. The van der Waals surface area contributed by atoms with Crippen LogP contribution in [-0.2, 0) is 4.74 Å². The normalized spacial score (nSPS) is 18.5. The van der Waals surface area contributed by atoms with E-state index in [0.717, 1.165) is 16.6 Å². The van der Waals surface area contributed by atoms with E-state index in [2.05, 4.69) is 22.0 Å². The summed E-state index contributed by atoms with van der Waals surface area (Å²) in [5, 5.41) is 19.1. The Kier molecular flexibility index (Phi) is 3.20. The van der Waals surface area contributed by atoms with Crippen LogP contribution in [0, 0.1) is 22.7 Å². The number of morpholine rings is 1. The highest BCUT2D eigenvalue weighted by molar-refractivity contribution is 5.92. The SMILES string of the molecule is N#Cc1cc(N2CCOC(C#N)C2)c2ccccc2n1. The van der Waals surface area contributed by atoms with Gasteiger partial charge in [-0.1, -0.05) is 18.2 Å². The van der Waals surface area contributed by atoms with Crippen LogP contribution < -0.4 is 4.90 Å². The van der Waals surface area contributed by atoms with E-state index in [4.69, 9.17) is 15.3 Å². The maximum absolute atomic E-state index is 9.11. The topological polar surface area (TPSA) is 72.9 Å². The Labute approximate surface area is 116 Å². The van der Waals surface area contributed by atoms with E-state index in [9.17, 15) is 0 Å². The van der Waals surface area contributed by atoms with Crippen molar-refractivity contribution in [3.8, 4) is 12.1 Å². The Morgan fingerprint density at radius 3 is 2.95 bits per heavy atom. The van der Waals surface area contributed by atoms with Crippen molar-refractivity contribution in [2.75, 3.05) is 24.6 Å². The van der Waals surface area contributed by atoms with Crippen LogP contribution in [0.1, 0.15) is 5.69 Å². The van der Waals surface area contributed by atoms with Gasteiger partial charge in [0.2, 0.25) is 0 Å². The summed E-state index contributed by atoms with van der Waals surface area (Å²) in [6.45, 7) is 1.73. The molecule has 2 heterocycles. The Morgan fingerprint density at radius 1 is 1.30 bits per heavy atom. The highest BCUT2D eigenvalue weighted by Gasteiger charge is 2.22. The van der Waals surface area contributed by atoms with E-state index in [-0.39, 0.29) is 0 Å². The van der Waals surface area contributed by atoms with E-state index >= 15 is 0 Å². The summed E-state index contributed by atoms with van der Waals surface area (Å²) in [5.41, 5.74) is 2.12. The van der Waals surface area contributed by atoms with Crippen LogP contribution in [0.3, 0.4) is 0 Å². The number of hydrogen-bond acceptors (Lipinski definition) is 5. The molecule has 1 aliphatic rings. The van der Waals surface area contributed by atoms with Gasteiger partial charge in [0.15, 0.2) is 6.10 Å². The molecule has 0 radical (unpaired) electrons. The van der Waals surface area contributed by atoms with Crippen molar-refractivity contribution in [2.45, 2.75) is 6.10 Å². The second kappa shape index (κ2) is 5.16. The van der Waals surface area contributed by atoms with Gasteiger partial charge in [-0.15, -0.1) is 0 Å². The zero-order chi connectivity index (χ0) is 13.9. The van der Waals surface area contributed by atoms with Crippen LogP contribution in [0.25, 0.3) is 10.9 Å². The standard InChI is InChI=1S/C15H12N4O/c16-8-11-7-15(13-3-1-2-4-14(13)18-11)19-5-6-20-12(9-17)10-19/h1-4,7,12H,5-6,10H2. The molecule has 1 aromatic carbocycles. The number of ether oxygens (including phenoxy) is 1. The molecule has 1 saturated heterocycles. The number of aromatic nitrogens is 1. The molecule has 20 heavy (non-hydrogen) atoms. The lowest BCUT2D eigenvalue weighted by Gasteiger charge is -2.32. The summed E-state index contributed by atoms with van der Waals surface area (Å²) < 4.78 is 5.36. The van der Waals surface area contributed by atoms with Crippen molar-refractivity contribution in [3.05, 3.63) is 36.0 Å². The number of nitrogens with zero attached hydrogens (tertiary/aromatic N) is 4. The van der Waals surface area contributed by atoms with Crippen molar-refractivity contribution in [1.82, 2.24) is 4.98 Å². The number of hydrogen-bond donors (Lipinski definition) is 0. The molecule has 0 bridgehead atoms. The summed E-state index contributed by atoms with van der Waals surface area (Å²) in [6.07, 6.45) is -0.429. The van der Waals surface area contributed by atoms with Crippen LogP contribution in [-0.4, -0.2) is 30.8 Å². The third-order valence-corrected chi connectivity index (χ3v) is 3.36. The van der Waals surface area contributed by atoms with E-state index in [1.807, 2.05) is 24.3 Å². The highest BCUT2D eigenvalue weighted by atomic mass is 16.5. The van der Waals surface area contributed by atoms with Crippen LogP contribution >= 0.6 is 0 Å². The molecule has 1 aliphatic heterocycles. The zero-order valence-corrected chi connectivity index (χ0v) is 10.8. The minimum absolute atomic E-state index is 0.388.